The van der Waals surface area contributed by atoms with Gasteiger partial charge in [-0.3, -0.25) is 4.79 Å². The first-order chi connectivity index (χ1) is 12.8. The van der Waals surface area contributed by atoms with Gasteiger partial charge in [-0.15, -0.1) is 0 Å². The molecule has 2 aromatic rings. The van der Waals surface area contributed by atoms with Crippen molar-refractivity contribution in [1.82, 2.24) is 18.4 Å². The first-order valence-electron chi connectivity index (χ1n) is 7.96. The molecule has 1 amide bonds. The fraction of sp³-hybridized carbons (Fsp3) is 0.400. The van der Waals surface area contributed by atoms with Crippen LogP contribution in [0.25, 0.3) is 11.0 Å². The molecule has 1 saturated heterocycles. The lowest BCUT2D eigenvalue weighted by Gasteiger charge is -2.32. The average Bonchev–Trinajstić information content (AvgIpc) is 3.12. The van der Waals surface area contributed by atoms with Crippen molar-refractivity contribution in [3.63, 3.8) is 0 Å². The van der Waals surface area contributed by atoms with Crippen LogP contribution in [0.4, 0.5) is 0 Å². The van der Waals surface area contributed by atoms with Gasteiger partial charge in [0.25, 0.3) is 5.91 Å². The largest absolute Gasteiger partial charge is 0.480 e. The minimum Gasteiger partial charge on any atom is -0.480 e. The molecule has 2 heterocycles. The molecule has 1 aromatic heterocycles. The summed E-state index contributed by atoms with van der Waals surface area (Å²) in [6.07, 6.45) is 1.03. The number of rotatable bonds is 6. The highest BCUT2D eigenvalue weighted by molar-refractivity contribution is 7.92. The van der Waals surface area contributed by atoms with Crippen LogP contribution in [0.15, 0.2) is 18.1 Å². The van der Waals surface area contributed by atoms with E-state index in [0.717, 1.165) is 17.1 Å². The molecular weight excluding hydrogens is 435 g/mol. The Morgan fingerprint density at radius 1 is 1.33 bits per heavy atom. The van der Waals surface area contributed by atoms with E-state index in [9.17, 15) is 13.2 Å². The van der Waals surface area contributed by atoms with E-state index in [4.69, 9.17) is 27.9 Å². The van der Waals surface area contributed by atoms with Crippen molar-refractivity contribution in [2.75, 3.05) is 19.7 Å². The fourth-order valence-corrected chi connectivity index (χ4v) is 4.70. The zero-order valence-corrected chi connectivity index (χ0v) is 17.2. The Hall–Kier alpha value is -1.46. The van der Waals surface area contributed by atoms with Gasteiger partial charge in [0.2, 0.25) is 10.0 Å². The highest BCUT2D eigenvalue weighted by Crippen LogP contribution is 2.37. The third kappa shape index (κ3) is 4.69. The van der Waals surface area contributed by atoms with E-state index in [1.165, 1.54) is 6.07 Å². The number of hydrogen-bond donors (Lipinski definition) is 1. The van der Waals surface area contributed by atoms with Crippen molar-refractivity contribution in [3.05, 3.63) is 28.1 Å². The maximum Gasteiger partial charge on any atom is 0.260 e. The number of aromatic nitrogens is 2. The fourth-order valence-electron chi connectivity index (χ4n) is 2.74. The summed E-state index contributed by atoms with van der Waals surface area (Å²) in [7, 11) is -3.48. The quantitative estimate of drug-likeness (QED) is 0.724. The molecule has 1 fully saturated rings. The van der Waals surface area contributed by atoms with Crippen molar-refractivity contribution in [2.45, 2.75) is 18.9 Å². The lowest BCUT2D eigenvalue weighted by Crippen LogP contribution is -2.47. The lowest BCUT2D eigenvalue weighted by atomic mass is 10.1. The van der Waals surface area contributed by atoms with Crippen LogP contribution in [0.3, 0.4) is 0 Å². The van der Waals surface area contributed by atoms with Crippen LogP contribution in [0, 0.1) is 0 Å². The Balaban J connectivity index is 1.58. The van der Waals surface area contributed by atoms with Crippen LogP contribution in [-0.4, -0.2) is 53.7 Å². The number of hydrogen-bond acceptors (Lipinski definition) is 7. The average molecular weight is 451 g/mol. The highest BCUT2D eigenvalue weighted by atomic mass is 35.5. The number of nitrogens with one attached hydrogen (secondary N) is 1. The van der Waals surface area contributed by atoms with Crippen molar-refractivity contribution in [2.24, 2.45) is 0 Å². The number of nitrogens with zero attached hydrogens (tertiary/aromatic N) is 3. The molecule has 0 aliphatic carbocycles. The predicted molar refractivity (Wildman–Crippen MR) is 105 cm³/mol. The van der Waals surface area contributed by atoms with Crippen LogP contribution in [-0.2, 0) is 14.8 Å². The summed E-state index contributed by atoms with van der Waals surface area (Å²) in [5.74, 6) is 0.0502. The highest BCUT2D eigenvalue weighted by Gasteiger charge is 2.26. The molecule has 0 radical (unpaired) electrons. The second kappa shape index (κ2) is 8.27. The van der Waals surface area contributed by atoms with Gasteiger partial charge in [0, 0.05) is 24.5 Å². The van der Waals surface area contributed by atoms with Crippen molar-refractivity contribution in [1.29, 1.82) is 0 Å². The van der Waals surface area contributed by atoms with E-state index in [1.807, 2.05) is 0 Å². The van der Waals surface area contributed by atoms with Crippen LogP contribution < -0.4 is 9.46 Å². The maximum atomic E-state index is 12.4. The van der Waals surface area contributed by atoms with E-state index < -0.39 is 10.0 Å². The first-order valence-corrected chi connectivity index (χ1v) is 11.0. The van der Waals surface area contributed by atoms with Gasteiger partial charge >= 0.3 is 0 Å². The second-order valence-electron chi connectivity index (χ2n) is 5.90. The Labute approximate surface area is 170 Å². The number of benzene rings is 1. The molecular formula is C15H16Cl2N4O4S2. The normalized spacial score (nSPS) is 15.9. The first kappa shape index (κ1) is 20.3. The SMILES string of the molecule is C=CS(=O)(=O)NC1CCN(C(=O)COc2c(Cl)cc(Cl)c3nsnc23)CC1. The lowest BCUT2D eigenvalue weighted by molar-refractivity contribution is -0.134. The number of fused-ring (bicyclic) bond motifs is 1. The molecule has 12 heteroatoms. The summed E-state index contributed by atoms with van der Waals surface area (Å²) in [5, 5.41) is 1.50. The smallest absolute Gasteiger partial charge is 0.260 e. The van der Waals surface area contributed by atoms with Gasteiger partial charge in [-0.25, -0.2) is 13.1 Å². The van der Waals surface area contributed by atoms with Crippen molar-refractivity contribution < 1.29 is 17.9 Å². The number of carbonyl (C=O) groups excluding carboxylic acids is 1. The molecule has 0 atom stereocenters. The van der Waals surface area contributed by atoms with Crippen LogP contribution >= 0.6 is 34.9 Å². The molecule has 1 aromatic carbocycles. The number of piperidine rings is 1. The molecule has 146 valence electrons. The number of ether oxygens (including phenoxy) is 1. The molecule has 27 heavy (non-hydrogen) atoms. The standard InChI is InChI=1S/C15H16Cl2N4O4S2/c1-2-27(23,24)20-9-3-5-21(6-4-9)12(22)8-25-15-11(17)7-10(16)13-14(15)19-26-18-13/h2,7,9,20H,1,3-6,8H2. The number of carbonyl (C=O) groups is 1. The molecule has 0 saturated carbocycles. The monoisotopic (exact) mass is 450 g/mol. The van der Waals surface area contributed by atoms with Gasteiger partial charge in [-0.1, -0.05) is 29.8 Å². The van der Waals surface area contributed by atoms with Gasteiger partial charge in [0.1, 0.15) is 11.0 Å². The molecule has 0 unspecified atom stereocenters. The zero-order chi connectivity index (χ0) is 19.6. The van der Waals surface area contributed by atoms with Crippen LogP contribution in [0.2, 0.25) is 10.0 Å². The minimum atomic E-state index is -3.48. The minimum absolute atomic E-state index is 0.211. The van der Waals surface area contributed by atoms with Gasteiger partial charge < -0.3 is 9.64 Å². The molecule has 8 nitrogen and oxygen atoms in total. The molecule has 0 spiro atoms. The second-order valence-corrected chi connectivity index (χ2v) is 8.91. The molecule has 3 rings (SSSR count). The van der Waals surface area contributed by atoms with E-state index in [0.29, 0.717) is 42.0 Å². The van der Waals surface area contributed by atoms with E-state index in [-0.39, 0.29) is 29.3 Å². The zero-order valence-electron chi connectivity index (χ0n) is 14.0. The number of amides is 1. The molecule has 0 bridgehead atoms. The van der Waals surface area contributed by atoms with E-state index in [2.05, 4.69) is 20.0 Å². The van der Waals surface area contributed by atoms with Crippen molar-refractivity contribution >= 4 is 61.9 Å². The Morgan fingerprint density at radius 2 is 2.00 bits per heavy atom. The van der Waals surface area contributed by atoms with Crippen LogP contribution in [0.5, 0.6) is 5.75 Å². The summed E-state index contributed by atoms with van der Waals surface area (Å²) in [4.78, 5) is 14.0. The van der Waals surface area contributed by atoms with Crippen molar-refractivity contribution in [3.8, 4) is 5.75 Å². The summed E-state index contributed by atoms with van der Waals surface area (Å²) in [6, 6.07) is 1.29. The molecule has 1 aliphatic rings. The summed E-state index contributed by atoms with van der Waals surface area (Å²) < 4.78 is 39.4. The van der Waals surface area contributed by atoms with Gasteiger partial charge in [-0.05, 0) is 18.9 Å². The third-order valence-corrected chi connectivity index (χ3v) is 6.34. The van der Waals surface area contributed by atoms with E-state index >= 15 is 0 Å². The topological polar surface area (TPSA) is 101 Å². The third-order valence-electron chi connectivity index (χ3n) is 4.14. The van der Waals surface area contributed by atoms with Gasteiger partial charge in [-0.2, -0.15) is 8.75 Å². The maximum absolute atomic E-state index is 12.4. The van der Waals surface area contributed by atoms with E-state index in [1.54, 1.807) is 4.90 Å². The number of likely N-dealkylation sites (tertiary alicyclic amines) is 1. The number of halogens is 2. The Bertz CT molecular complexity index is 972. The Morgan fingerprint density at radius 3 is 2.67 bits per heavy atom. The predicted octanol–water partition coefficient (Wildman–Crippen LogP) is 2.43. The van der Waals surface area contributed by atoms with Gasteiger partial charge in [0.05, 0.1) is 21.8 Å². The summed E-state index contributed by atoms with van der Waals surface area (Å²) >= 11 is 13.2. The Kier molecular flexibility index (Phi) is 6.21. The summed E-state index contributed by atoms with van der Waals surface area (Å²) in [6.45, 7) is 3.90. The van der Waals surface area contributed by atoms with Crippen LogP contribution in [0.1, 0.15) is 12.8 Å². The van der Waals surface area contributed by atoms with Gasteiger partial charge in [0.15, 0.2) is 12.4 Å². The molecule has 1 aliphatic heterocycles. The summed E-state index contributed by atoms with van der Waals surface area (Å²) in [5.41, 5.74) is 0.895. The molecule has 1 N–H and O–H groups in total. The number of sulfonamides is 1.